The van der Waals surface area contributed by atoms with Crippen molar-refractivity contribution in [2.75, 3.05) is 33.9 Å². The quantitative estimate of drug-likeness (QED) is 0.113. The standard InChI is InChI=1S/C54H70N8O8/c1-9-60-45-17-14-33-26-40(45)41(48(60)39-12-10-18-55-46(39)31(4)69-8)27-54(5,6)29-70-53(68)42-13-11-19-61(58-42)51(66)43(22-32-20-34(33)25-38(63)21-32)57-49(64)47(30(2)3)59(7)50(65)35-23-36-15-16-37(24-35)62(36)52(67)44-28-56-44/h10,12,14,17-18,20-21,25-26,30-31,35-37,42-44,47,56,58,63H,9,11,13,15-16,19,22-24,27-29H2,1-8H3,(H,57,64)/t31-,35-,36+,37-,42-,43-,44+,47?/m0/s1. The maximum Gasteiger partial charge on any atom is 0.324 e. The van der Waals surface area contributed by atoms with Crippen LogP contribution < -0.4 is 16.1 Å². The van der Waals surface area contributed by atoms with Gasteiger partial charge in [-0.15, -0.1) is 0 Å². The Labute approximate surface area is 410 Å². The summed E-state index contributed by atoms with van der Waals surface area (Å²) in [7, 11) is 3.34. The van der Waals surface area contributed by atoms with Gasteiger partial charge in [-0.05, 0) is 123 Å². The van der Waals surface area contributed by atoms with Crippen LogP contribution in [0.4, 0.5) is 0 Å². The van der Waals surface area contributed by atoms with Crippen LogP contribution in [-0.4, -0.2) is 129 Å². The van der Waals surface area contributed by atoms with Crippen molar-refractivity contribution in [3.8, 4) is 28.1 Å². The Kier molecular flexibility index (Phi) is 13.9. The molecule has 9 rings (SSSR count). The Morgan fingerprint density at radius 2 is 1.77 bits per heavy atom. The number of aromatic nitrogens is 2. The third-order valence-electron chi connectivity index (χ3n) is 15.4. The van der Waals surface area contributed by atoms with Crippen molar-refractivity contribution in [3.05, 3.63) is 71.5 Å². The van der Waals surface area contributed by atoms with Gasteiger partial charge in [-0.1, -0.05) is 39.8 Å². The molecule has 70 heavy (non-hydrogen) atoms. The number of esters is 1. The number of cyclic esters (lactones) is 1. The number of benzene rings is 2. The lowest BCUT2D eigenvalue weighted by Crippen LogP contribution is -2.62. The Bertz CT molecular complexity index is 2660. The van der Waals surface area contributed by atoms with Crippen LogP contribution in [0, 0.1) is 17.3 Å². The second-order valence-corrected chi connectivity index (χ2v) is 21.4. The van der Waals surface area contributed by atoms with E-state index in [1.807, 2.05) is 43.9 Å². The van der Waals surface area contributed by atoms with Crippen molar-refractivity contribution in [3.63, 3.8) is 0 Å². The van der Waals surface area contributed by atoms with Crippen molar-refractivity contribution in [1.82, 2.24) is 40.4 Å². The van der Waals surface area contributed by atoms with E-state index in [9.17, 15) is 29.1 Å². The molecule has 16 nitrogen and oxygen atoms in total. The van der Waals surface area contributed by atoms with Gasteiger partial charge >= 0.3 is 5.97 Å². The molecule has 4 N–H and O–H groups in total. The van der Waals surface area contributed by atoms with Crippen LogP contribution in [0.1, 0.15) is 103 Å². The van der Waals surface area contributed by atoms with Gasteiger partial charge in [-0.3, -0.25) is 34.0 Å². The number of aromatic hydroxyl groups is 1. The number of fused-ring (bicyclic) bond motifs is 8. The SMILES string of the molecule is CCn1c(-c2cccnc2[C@H](C)OC)c2c3cc(ccc31)-c1cc(O)cc(c1)C[C@H](NC(=O)C(C(C)C)N(C)C(=O)[C@H]1C[C@H]3CC[C@@H](C1)N3C(=O)[C@H]1CN1)C(=O)N1CCC[C@H](N1)C(=O)OCC(C)(C)C2. The van der Waals surface area contributed by atoms with E-state index >= 15 is 0 Å². The van der Waals surface area contributed by atoms with Gasteiger partial charge in [0.05, 0.1) is 30.1 Å². The highest BCUT2D eigenvalue weighted by atomic mass is 16.5. The molecule has 0 spiro atoms. The van der Waals surface area contributed by atoms with Crippen molar-refractivity contribution in [2.45, 2.75) is 142 Å². The van der Waals surface area contributed by atoms with Crippen molar-refractivity contribution >= 4 is 40.5 Å². The second kappa shape index (κ2) is 19.7. The number of nitrogens with zero attached hydrogens (tertiary/aromatic N) is 5. The van der Waals surface area contributed by atoms with E-state index in [1.54, 1.807) is 32.5 Å². The second-order valence-electron chi connectivity index (χ2n) is 21.4. The summed E-state index contributed by atoms with van der Waals surface area (Å²) >= 11 is 0. The van der Waals surface area contributed by atoms with Gasteiger partial charge in [0.2, 0.25) is 17.7 Å². The maximum absolute atomic E-state index is 14.8. The van der Waals surface area contributed by atoms with Crippen LogP contribution >= 0.6 is 0 Å². The minimum Gasteiger partial charge on any atom is -0.508 e. The summed E-state index contributed by atoms with van der Waals surface area (Å²) < 4.78 is 14.3. The van der Waals surface area contributed by atoms with Gasteiger partial charge in [-0.25, -0.2) is 5.43 Å². The Morgan fingerprint density at radius 1 is 1.03 bits per heavy atom. The fourth-order valence-electron chi connectivity index (χ4n) is 11.8. The maximum atomic E-state index is 14.8. The van der Waals surface area contributed by atoms with Gasteiger partial charge in [0, 0.05) is 86.3 Å². The third kappa shape index (κ3) is 9.66. The summed E-state index contributed by atoms with van der Waals surface area (Å²) in [6, 6.07) is 12.5. The van der Waals surface area contributed by atoms with E-state index < -0.39 is 41.3 Å². The molecule has 2 aromatic carbocycles. The fraction of sp³-hybridized carbons (Fsp3) is 0.556. The first-order valence-corrected chi connectivity index (χ1v) is 25.3. The number of piperidine rings is 1. The van der Waals surface area contributed by atoms with Crippen LogP contribution in [0.15, 0.2) is 54.7 Å². The number of amides is 4. The van der Waals surface area contributed by atoms with Crippen LogP contribution in [0.25, 0.3) is 33.3 Å². The van der Waals surface area contributed by atoms with Crippen LogP contribution in [0.2, 0.25) is 0 Å². The zero-order valence-electron chi connectivity index (χ0n) is 41.9. The predicted octanol–water partition coefficient (Wildman–Crippen LogP) is 5.68. The number of phenols is 1. The van der Waals surface area contributed by atoms with Crippen molar-refractivity contribution < 1.29 is 38.6 Å². The molecule has 4 aromatic rings. The lowest BCUT2D eigenvalue weighted by molar-refractivity contribution is -0.155. The van der Waals surface area contributed by atoms with Gasteiger partial charge in [0.25, 0.3) is 5.91 Å². The van der Waals surface area contributed by atoms with E-state index in [4.69, 9.17) is 14.5 Å². The normalized spacial score (nSPS) is 25.3. The zero-order valence-corrected chi connectivity index (χ0v) is 41.9. The first-order valence-electron chi connectivity index (χ1n) is 25.3. The molecule has 5 aliphatic rings. The van der Waals surface area contributed by atoms with Gasteiger partial charge < -0.3 is 39.6 Å². The molecular formula is C54H70N8O8. The number of hydrogen-bond donors (Lipinski definition) is 4. The lowest BCUT2D eigenvalue weighted by atomic mass is 9.84. The van der Waals surface area contributed by atoms with Crippen LogP contribution in [-0.2, 0) is 52.8 Å². The summed E-state index contributed by atoms with van der Waals surface area (Å²) in [5, 5.41) is 20.0. The average molecular weight is 959 g/mol. The van der Waals surface area contributed by atoms with Crippen LogP contribution in [0.5, 0.6) is 5.75 Å². The molecule has 4 amide bonds. The Balaban J connectivity index is 1.07. The molecule has 8 atom stereocenters. The van der Waals surface area contributed by atoms with Crippen molar-refractivity contribution in [2.24, 2.45) is 17.3 Å². The minimum absolute atomic E-state index is 0.000609. The largest absolute Gasteiger partial charge is 0.508 e. The van der Waals surface area contributed by atoms with Crippen molar-refractivity contribution in [1.29, 1.82) is 0 Å². The highest BCUT2D eigenvalue weighted by Gasteiger charge is 2.49. The number of methoxy groups -OCH3 is 1. The van der Waals surface area contributed by atoms with E-state index in [1.165, 1.54) is 9.91 Å². The monoisotopic (exact) mass is 959 g/mol. The predicted molar refractivity (Wildman–Crippen MR) is 265 cm³/mol. The Hall–Kier alpha value is -5.84. The number of nitrogens with one attached hydrogen (secondary N) is 3. The molecule has 0 aliphatic carbocycles. The summed E-state index contributed by atoms with van der Waals surface area (Å²) in [6.45, 7) is 13.8. The smallest absolute Gasteiger partial charge is 0.324 e. The summed E-state index contributed by atoms with van der Waals surface area (Å²) in [5.74, 6) is -2.10. The molecule has 8 bridgehead atoms. The number of carbonyl (C=O) groups is 5. The molecule has 5 aliphatic heterocycles. The molecule has 16 heteroatoms. The highest BCUT2D eigenvalue weighted by molar-refractivity contribution is 5.96. The third-order valence-corrected chi connectivity index (χ3v) is 15.4. The fourth-order valence-corrected chi connectivity index (χ4v) is 11.8. The molecular weight excluding hydrogens is 889 g/mol. The number of rotatable bonds is 10. The van der Waals surface area contributed by atoms with E-state index in [0.717, 1.165) is 57.4 Å². The average Bonchev–Trinajstić information content (AvgIpc) is 4.11. The topological polar surface area (TPSA) is 198 Å². The van der Waals surface area contributed by atoms with Gasteiger partial charge in [-0.2, -0.15) is 0 Å². The molecule has 2 aromatic heterocycles. The number of carbonyl (C=O) groups excluding carboxylic acids is 5. The zero-order chi connectivity index (χ0) is 49.8. The summed E-state index contributed by atoms with van der Waals surface area (Å²) in [5.41, 5.74) is 9.64. The summed E-state index contributed by atoms with van der Waals surface area (Å²) in [6.07, 6.45) is 5.83. The molecule has 0 radical (unpaired) electrons. The molecule has 374 valence electrons. The first-order chi connectivity index (χ1) is 33.5. The first kappa shape index (κ1) is 49.2. The van der Waals surface area contributed by atoms with Gasteiger partial charge in [0.1, 0.15) is 23.9 Å². The molecule has 4 saturated heterocycles. The number of aryl methyl sites for hydroxylation is 1. The molecule has 4 fully saturated rings. The van der Waals surface area contributed by atoms with Crippen LogP contribution in [0.3, 0.4) is 0 Å². The number of pyridine rings is 1. The number of hydrogen-bond acceptors (Lipinski definition) is 11. The molecule has 7 heterocycles. The minimum atomic E-state index is -1.15. The van der Waals surface area contributed by atoms with E-state index in [-0.39, 0.29) is 73.2 Å². The summed E-state index contributed by atoms with van der Waals surface area (Å²) in [4.78, 5) is 79.4. The van der Waals surface area contributed by atoms with E-state index in [0.29, 0.717) is 50.8 Å². The van der Waals surface area contributed by atoms with Gasteiger partial charge in [0.15, 0.2) is 0 Å². The number of phenolic OH excluding ortho intramolecular Hbond substituents is 1. The van der Waals surface area contributed by atoms with E-state index in [2.05, 4.69) is 59.6 Å². The number of hydrazine groups is 1. The Morgan fingerprint density at radius 3 is 2.46 bits per heavy atom. The number of likely N-dealkylation sites (N-methyl/N-ethyl adjacent to an activating group) is 1. The molecule has 1 unspecified atom stereocenters. The highest BCUT2D eigenvalue weighted by Crippen LogP contribution is 2.43. The molecule has 0 saturated carbocycles. The lowest BCUT2D eigenvalue weighted by Gasteiger charge is -2.41. The number of ether oxygens (including phenoxy) is 2.